The van der Waals surface area contributed by atoms with Gasteiger partial charge in [-0.3, -0.25) is 9.78 Å². The number of nitrogens with one attached hydrogen (secondary N) is 1. The van der Waals surface area contributed by atoms with Crippen LogP contribution in [0.4, 0.5) is 5.82 Å². The van der Waals surface area contributed by atoms with Crippen molar-refractivity contribution < 1.29 is 9.53 Å². The molecular formula is C21H23N5O2. The minimum atomic E-state index is 0.0110. The molecule has 2 aromatic heterocycles. The van der Waals surface area contributed by atoms with Crippen LogP contribution in [0.15, 0.2) is 55.2 Å². The van der Waals surface area contributed by atoms with E-state index in [0.717, 1.165) is 35.1 Å². The molecule has 1 amide bonds. The van der Waals surface area contributed by atoms with Crippen molar-refractivity contribution in [2.45, 2.75) is 25.0 Å². The van der Waals surface area contributed by atoms with Gasteiger partial charge in [-0.1, -0.05) is 18.2 Å². The van der Waals surface area contributed by atoms with Crippen molar-refractivity contribution in [2.75, 3.05) is 25.1 Å². The number of aromatic nitrogens is 3. The topological polar surface area (TPSA) is 80.2 Å². The van der Waals surface area contributed by atoms with Crippen molar-refractivity contribution in [3.63, 3.8) is 0 Å². The van der Waals surface area contributed by atoms with Crippen LogP contribution in [0.3, 0.4) is 0 Å². The molecule has 3 aromatic rings. The van der Waals surface area contributed by atoms with Crippen LogP contribution in [0.5, 0.6) is 0 Å². The molecule has 0 unspecified atom stereocenters. The molecule has 0 spiro atoms. The monoisotopic (exact) mass is 377 g/mol. The lowest BCUT2D eigenvalue weighted by atomic mass is 10.1. The fourth-order valence-corrected chi connectivity index (χ4v) is 3.69. The van der Waals surface area contributed by atoms with Crippen LogP contribution < -0.4 is 10.2 Å². The molecule has 1 aromatic carbocycles. The van der Waals surface area contributed by atoms with Crippen LogP contribution >= 0.6 is 0 Å². The molecule has 0 bridgehead atoms. The molecule has 0 aliphatic carbocycles. The number of rotatable bonds is 6. The minimum absolute atomic E-state index is 0.0110. The van der Waals surface area contributed by atoms with E-state index in [1.807, 2.05) is 36.5 Å². The summed E-state index contributed by atoms with van der Waals surface area (Å²) in [5.41, 5.74) is 0.991. The van der Waals surface area contributed by atoms with Crippen LogP contribution in [0.1, 0.15) is 12.0 Å². The summed E-state index contributed by atoms with van der Waals surface area (Å²) in [5, 5.41) is 5.24. The zero-order chi connectivity index (χ0) is 19.3. The maximum absolute atomic E-state index is 12.5. The molecule has 3 heterocycles. The lowest BCUT2D eigenvalue weighted by molar-refractivity contribution is -0.120. The fraction of sp³-hybridized carbons (Fsp3) is 0.333. The van der Waals surface area contributed by atoms with Gasteiger partial charge in [-0.25, -0.2) is 9.97 Å². The molecule has 7 heteroatoms. The highest BCUT2D eigenvalue weighted by Crippen LogP contribution is 2.24. The van der Waals surface area contributed by atoms with Gasteiger partial charge in [0.25, 0.3) is 0 Å². The van der Waals surface area contributed by atoms with E-state index in [9.17, 15) is 4.79 Å². The van der Waals surface area contributed by atoms with Crippen LogP contribution in [0, 0.1) is 0 Å². The van der Waals surface area contributed by atoms with Crippen molar-refractivity contribution in [1.82, 2.24) is 20.3 Å². The molecule has 144 valence electrons. The Morgan fingerprint density at radius 2 is 2.11 bits per heavy atom. The minimum Gasteiger partial charge on any atom is -0.380 e. The Morgan fingerprint density at radius 1 is 1.21 bits per heavy atom. The average molecular weight is 377 g/mol. The smallest absolute Gasteiger partial charge is 0.224 e. The number of fused-ring (bicyclic) bond motifs is 1. The van der Waals surface area contributed by atoms with Crippen LogP contribution in [0.2, 0.25) is 0 Å². The zero-order valence-electron chi connectivity index (χ0n) is 15.8. The first-order chi connectivity index (χ1) is 13.7. The van der Waals surface area contributed by atoms with E-state index in [-0.39, 0.29) is 18.1 Å². The summed E-state index contributed by atoms with van der Waals surface area (Å²) in [6.07, 6.45) is 8.20. The first kappa shape index (κ1) is 18.3. The Kier molecular flexibility index (Phi) is 5.43. The number of pyridine rings is 1. The highest BCUT2D eigenvalue weighted by molar-refractivity contribution is 5.84. The van der Waals surface area contributed by atoms with Gasteiger partial charge in [0.1, 0.15) is 12.1 Å². The number of amides is 1. The first-order valence-electron chi connectivity index (χ1n) is 9.38. The third-order valence-corrected chi connectivity index (χ3v) is 5.17. The Labute approximate surface area is 163 Å². The largest absolute Gasteiger partial charge is 0.380 e. The van der Waals surface area contributed by atoms with Crippen molar-refractivity contribution in [1.29, 1.82) is 0 Å². The Bertz CT molecular complexity index is 950. The quantitative estimate of drug-likeness (QED) is 0.708. The van der Waals surface area contributed by atoms with Gasteiger partial charge in [-0.2, -0.15) is 0 Å². The van der Waals surface area contributed by atoms with Gasteiger partial charge in [-0.05, 0) is 29.5 Å². The number of ether oxygens (including phenoxy) is 1. The molecule has 1 N–H and O–H groups in total. The Balaban J connectivity index is 1.38. The molecule has 4 rings (SSSR count). The summed E-state index contributed by atoms with van der Waals surface area (Å²) in [6, 6.07) is 10.0. The van der Waals surface area contributed by atoms with E-state index in [1.165, 1.54) is 0 Å². The summed E-state index contributed by atoms with van der Waals surface area (Å²) in [5.74, 6) is 0.869. The lowest BCUT2D eigenvalue weighted by Gasteiger charge is -2.25. The Hall–Kier alpha value is -3.06. The molecule has 1 saturated heterocycles. The molecule has 2 atom stereocenters. The predicted octanol–water partition coefficient (Wildman–Crippen LogP) is 1.98. The Morgan fingerprint density at radius 3 is 2.93 bits per heavy atom. The second-order valence-electron chi connectivity index (χ2n) is 7.01. The van der Waals surface area contributed by atoms with Gasteiger partial charge < -0.3 is 15.0 Å². The number of methoxy groups -OCH3 is 1. The highest BCUT2D eigenvalue weighted by atomic mass is 16.5. The molecule has 28 heavy (non-hydrogen) atoms. The number of anilines is 1. The van der Waals surface area contributed by atoms with Crippen LogP contribution in [-0.4, -0.2) is 53.2 Å². The molecule has 1 fully saturated rings. The highest BCUT2D eigenvalue weighted by Gasteiger charge is 2.33. The van der Waals surface area contributed by atoms with E-state index in [0.29, 0.717) is 13.0 Å². The maximum Gasteiger partial charge on any atom is 0.224 e. The first-order valence-corrected chi connectivity index (χ1v) is 9.38. The number of hydrogen-bond donors (Lipinski definition) is 1. The van der Waals surface area contributed by atoms with E-state index < -0.39 is 0 Å². The van der Waals surface area contributed by atoms with Gasteiger partial charge in [0.15, 0.2) is 0 Å². The normalized spacial score (nSPS) is 19.1. The lowest BCUT2D eigenvalue weighted by Crippen LogP contribution is -2.41. The van der Waals surface area contributed by atoms with E-state index in [2.05, 4.69) is 25.2 Å². The molecule has 7 nitrogen and oxygen atoms in total. The number of carbonyl (C=O) groups is 1. The van der Waals surface area contributed by atoms with Crippen LogP contribution in [-0.2, 0) is 16.0 Å². The zero-order valence-corrected chi connectivity index (χ0v) is 15.8. The van der Waals surface area contributed by atoms with Crippen LogP contribution in [0.25, 0.3) is 10.8 Å². The third-order valence-electron chi connectivity index (χ3n) is 5.17. The number of hydrogen-bond acceptors (Lipinski definition) is 6. The second-order valence-corrected chi connectivity index (χ2v) is 7.01. The molecule has 0 saturated carbocycles. The van der Waals surface area contributed by atoms with Gasteiger partial charge in [0.05, 0.1) is 18.6 Å². The standard InChI is InChI=1S/C21H23N5O2/c1-28-19-10-18(26(13-19)20-5-7-23-14-25-20)12-24-21(27)9-15-2-3-17-11-22-6-4-16(17)8-15/h2-8,11,14,18-19H,9-10,12-13H2,1H3,(H,24,27)/t18-,19-/m0/s1. The van der Waals surface area contributed by atoms with Gasteiger partial charge >= 0.3 is 0 Å². The van der Waals surface area contributed by atoms with E-state index >= 15 is 0 Å². The molecular weight excluding hydrogens is 354 g/mol. The van der Waals surface area contributed by atoms with Gasteiger partial charge in [0, 0.05) is 44.2 Å². The van der Waals surface area contributed by atoms with Gasteiger partial charge in [-0.15, -0.1) is 0 Å². The summed E-state index contributed by atoms with van der Waals surface area (Å²) in [7, 11) is 1.72. The number of nitrogens with zero attached hydrogens (tertiary/aromatic N) is 4. The summed E-state index contributed by atoms with van der Waals surface area (Å²) in [4.78, 5) is 27.1. The second kappa shape index (κ2) is 8.31. The van der Waals surface area contributed by atoms with Gasteiger partial charge in [0.2, 0.25) is 5.91 Å². The number of benzene rings is 1. The van der Waals surface area contributed by atoms with E-state index in [1.54, 1.807) is 25.8 Å². The average Bonchev–Trinajstić information content (AvgIpc) is 3.16. The van der Waals surface area contributed by atoms with Crippen molar-refractivity contribution >= 4 is 22.5 Å². The summed E-state index contributed by atoms with van der Waals surface area (Å²) >= 11 is 0. The maximum atomic E-state index is 12.5. The third kappa shape index (κ3) is 4.09. The van der Waals surface area contributed by atoms with E-state index in [4.69, 9.17) is 4.74 Å². The van der Waals surface area contributed by atoms with Crippen molar-refractivity contribution in [3.05, 3.63) is 60.8 Å². The fourth-order valence-electron chi connectivity index (χ4n) is 3.69. The summed E-state index contributed by atoms with van der Waals surface area (Å²) in [6.45, 7) is 1.31. The predicted molar refractivity (Wildman–Crippen MR) is 107 cm³/mol. The summed E-state index contributed by atoms with van der Waals surface area (Å²) < 4.78 is 5.53. The van der Waals surface area contributed by atoms with Crippen molar-refractivity contribution in [3.8, 4) is 0 Å². The van der Waals surface area contributed by atoms with Crippen molar-refractivity contribution in [2.24, 2.45) is 0 Å². The SMILES string of the molecule is CO[C@H]1C[C@@H](CNC(=O)Cc2ccc3cnccc3c2)N(c2ccncn2)C1. The molecule has 0 radical (unpaired) electrons. The number of carbonyl (C=O) groups excluding carboxylic acids is 1. The molecule has 1 aliphatic rings. The molecule has 1 aliphatic heterocycles.